The van der Waals surface area contributed by atoms with Gasteiger partial charge in [0.2, 0.25) is 5.56 Å². The predicted octanol–water partition coefficient (Wildman–Crippen LogP) is 1.93. The maximum absolute atomic E-state index is 12.9. The number of hydrogen-bond acceptors (Lipinski definition) is 3. The first-order chi connectivity index (χ1) is 12.6. The molecule has 0 unspecified atom stereocenters. The predicted molar refractivity (Wildman–Crippen MR) is 99.3 cm³/mol. The molecule has 26 heavy (non-hydrogen) atoms. The lowest BCUT2D eigenvalue weighted by molar-refractivity contribution is 0.0718. The number of hydrogen-bond donors (Lipinski definition) is 1. The van der Waals surface area contributed by atoms with Gasteiger partial charge in [-0.3, -0.25) is 14.4 Å². The Bertz CT molecular complexity index is 839. The Morgan fingerprint density at radius 2 is 1.65 bits per heavy atom. The average Bonchev–Trinajstić information content (AvgIpc) is 2.93. The van der Waals surface area contributed by atoms with Gasteiger partial charge in [-0.15, -0.1) is 0 Å². The summed E-state index contributed by atoms with van der Waals surface area (Å²) in [6.07, 6.45) is 2.98. The molecule has 6 heteroatoms. The summed E-state index contributed by atoms with van der Waals surface area (Å²) in [4.78, 5) is 42.8. The Balaban J connectivity index is 1.70. The van der Waals surface area contributed by atoms with Gasteiger partial charge in [0.05, 0.1) is 5.56 Å². The van der Waals surface area contributed by atoms with Crippen molar-refractivity contribution in [3.05, 3.63) is 69.6 Å². The van der Waals surface area contributed by atoms with E-state index < -0.39 is 0 Å². The first kappa shape index (κ1) is 17.9. The zero-order valence-corrected chi connectivity index (χ0v) is 14.9. The highest BCUT2D eigenvalue weighted by atomic mass is 16.2. The first-order valence-electron chi connectivity index (χ1n) is 8.95. The van der Waals surface area contributed by atoms with Crippen LogP contribution in [0.15, 0.2) is 47.4 Å². The van der Waals surface area contributed by atoms with Crippen molar-refractivity contribution in [2.24, 2.45) is 0 Å². The number of aromatic nitrogens is 1. The van der Waals surface area contributed by atoms with Gasteiger partial charge >= 0.3 is 0 Å². The van der Waals surface area contributed by atoms with Gasteiger partial charge in [0.25, 0.3) is 11.8 Å². The quantitative estimate of drug-likeness (QED) is 0.916. The van der Waals surface area contributed by atoms with Gasteiger partial charge in [-0.2, -0.15) is 0 Å². The maximum Gasteiger partial charge on any atom is 0.255 e. The molecule has 6 nitrogen and oxygen atoms in total. The van der Waals surface area contributed by atoms with E-state index in [9.17, 15) is 14.4 Å². The molecule has 0 radical (unpaired) electrons. The van der Waals surface area contributed by atoms with E-state index in [0.29, 0.717) is 31.7 Å². The molecular weight excluding hydrogens is 330 g/mol. The second kappa shape index (κ2) is 7.99. The van der Waals surface area contributed by atoms with Crippen LogP contribution in [-0.4, -0.2) is 52.8 Å². The second-order valence-corrected chi connectivity index (χ2v) is 6.39. The van der Waals surface area contributed by atoms with Gasteiger partial charge in [0.1, 0.15) is 0 Å². The smallest absolute Gasteiger partial charge is 0.255 e. The van der Waals surface area contributed by atoms with Crippen LogP contribution in [0.3, 0.4) is 0 Å². The van der Waals surface area contributed by atoms with Gasteiger partial charge in [0.15, 0.2) is 0 Å². The molecule has 136 valence electrons. The third-order valence-corrected chi connectivity index (χ3v) is 4.73. The average molecular weight is 353 g/mol. The molecule has 0 bridgehead atoms. The number of rotatable bonds is 3. The number of carbonyl (C=O) groups is 2. The van der Waals surface area contributed by atoms with Crippen LogP contribution in [0.1, 0.15) is 39.6 Å². The zero-order valence-electron chi connectivity index (χ0n) is 14.9. The van der Waals surface area contributed by atoms with E-state index in [4.69, 9.17) is 0 Å². The van der Waals surface area contributed by atoms with Crippen molar-refractivity contribution in [1.82, 2.24) is 14.8 Å². The summed E-state index contributed by atoms with van der Waals surface area (Å²) in [7, 11) is 0. The lowest BCUT2D eigenvalue weighted by Crippen LogP contribution is -2.37. The molecule has 3 rings (SSSR count). The molecular formula is C20H23N3O3. The van der Waals surface area contributed by atoms with E-state index in [1.165, 1.54) is 18.3 Å². The molecule has 1 saturated heterocycles. The van der Waals surface area contributed by atoms with Gasteiger partial charge < -0.3 is 14.8 Å². The monoisotopic (exact) mass is 353 g/mol. The Morgan fingerprint density at radius 1 is 0.962 bits per heavy atom. The maximum atomic E-state index is 12.9. The Labute approximate surface area is 152 Å². The van der Waals surface area contributed by atoms with Crippen molar-refractivity contribution >= 4 is 11.8 Å². The van der Waals surface area contributed by atoms with E-state index in [-0.39, 0.29) is 17.4 Å². The Kier molecular flexibility index (Phi) is 5.51. The van der Waals surface area contributed by atoms with Crippen LogP contribution in [0.5, 0.6) is 0 Å². The van der Waals surface area contributed by atoms with Crippen molar-refractivity contribution in [3.63, 3.8) is 0 Å². The molecule has 2 amide bonds. The number of nitrogens with zero attached hydrogens (tertiary/aromatic N) is 2. The normalized spacial score (nSPS) is 14.8. The van der Waals surface area contributed by atoms with Crippen LogP contribution < -0.4 is 5.56 Å². The van der Waals surface area contributed by atoms with Crippen molar-refractivity contribution in [2.45, 2.75) is 19.8 Å². The van der Waals surface area contributed by atoms with Crippen LogP contribution >= 0.6 is 0 Å². The number of amides is 2. The van der Waals surface area contributed by atoms with Gasteiger partial charge in [-0.05, 0) is 30.5 Å². The van der Waals surface area contributed by atoms with E-state index in [0.717, 1.165) is 24.0 Å². The number of H-pyrrole nitrogens is 1. The summed E-state index contributed by atoms with van der Waals surface area (Å²) < 4.78 is 0. The molecule has 1 N–H and O–H groups in total. The lowest BCUT2D eigenvalue weighted by atomic mass is 10.0. The third kappa shape index (κ3) is 3.85. The Morgan fingerprint density at radius 3 is 2.31 bits per heavy atom. The highest BCUT2D eigenvalue weighted by molar-refractivity contribution is 5.96. The van der Waals surface area contributed by atoms with Crippen molar-refractivity contribution in [1.29, 1.82) is 0 Å². The largest absolute Gasteiger partial charge is 0.337 e. The van der Waals surface area contributed by atoms with Crippen LogP contribution in [0.2, 0.25) is 0 Å². The van der Waals surface area contributed by atoms with E-state index in [2.05, 4.69) is 4.98 Å². The Hall–Kier alpha value is -2.89. The van der Waals surface area contributed by atoms with E-state index >= 15 is 0 Å². The first-order valence-corrected chi connectivity index (χ1v) is 8.95. The minimum atomic E-state index is -0.233. The molecule has 1 aliphatic heterocycles. The van der Waals surface area contributed by atoms with Crippen molar-refractivity contribution < 1.29 is 9.59 Å². The second-order valence-electron chi connectivity index (χ2n) is 6.39. The number of carbonyl (C=O) groups excluding carboxylic acids is 2. The summed E-state index contributed by atoms with van der Waals surface area (Å²) >= 11 is 0. The third-order valence-electron chi connectivity index (χ3n) is 4.73. The molecule has 0 spiro atoms. The summed E-state index contributed by atoms with van der Waals surface area (Å²) in [6.45, 7) is 4.26. The highest BCUT2D eigenvalue weighted by Gasteiger charge is 2.24. The molecule has 2 aromatic rings. The topological polar surface area (TPSA) is 73.5 Å². The molecule has 1 aromatic heterocycles. The molecule has 1 aromatic carbocycles. The minimum Gasteiger partial charge on any atom is -0.337 e. The molecule has 1 fully saturated rings. The minimum absolute atomic E-state index is 0.0285. The van der Waals surface area contributed by atoms with E-state index in [1.807, 2.05) is 36.1 Å². The van der Waals surface area contributed by atoms with Gasteiger partial charge in [-0.1, -0.05) is 25.1 Å². The zero-order chi connectivity index (χ0) is 18.5. The van der Waals surface area contributed by atoms with Crippen molar-refractivity contribution in [3.8, 4) is 0 Å². The number of nitrogens with one attached hydrogen (secondary N) is 1. The van der Waals surface area contributed by atoms with Crippen LogP contribution in [-0.2, 0) is 6.42 Å². The molecule has 2 heterocycles. The lowest BCUT2D eigenvalue weighted by Gasteiger charge is -2.23. The SMILES string of the molecule is CCc1ccccc1C(=O)N1CCCN(C(=O)c2ccc(=O)[nH]c2)CC1. The number of benzene rings is 1. The molecule has 0 saturated carbocycles. The standard InChI is InChI=1S/C20H23N3O3/c1-2-15-6-3-4-7-17(15)20(26)23-11-5-10-22(12-13-23)19(25)16-8-9-18(24)21-14-16/h3-4,6-9,14H,2,5,10-13H2,1H3,(H,21,24). The fourth-order valence-corrected chi connectivity index (χ4v) is 3.26. The van der Waals surface area contributed by atoms with Crippen molar-refractivity contribution in [2.75, 3.05) is 26.2 Å². The number of pyridine rings is 1. The fourth-order valence-electron chi connectivity index (χ4n) is 3.26. The summed E-state index contributed by atoms with van der Waals surface area (Å²) in [5.41, 5.74) is 2.02. The summed E-state index contributed by atoms with van der Waals surface area (Å²) in [5, 5.41) is 0. The van der Waals surface area contributed by atoms with Gasteiger partial charge in [0, 0.05) is 44.0 Å². The summed E-state index contributed by atoms with van der Waals surface area (Å²) in [6, 6.07) is 10.6. The van der Waals surface area contributed by atoms with E-state index in [1.54, 1.807) is 4.90 Å². The molecule has 0 aliphatic carbocycles. The fraction of sp³-hybridized carbons (Fsp3) is 0.350. The van der Waals surface area contributed by atoms with Crippen LogP contribution in [0.4, 0.5) is 0 Å². The highest BCUT2D eigenvalue weighted by Crippen LogP contribution is 2.15. The molecule has 1 aliphatic rings. The number of aryl methyl sites for hydroxylation is 1. The van der Waals surface area contributed by atoms with Crippen LogP contribution in [0.25, 0.3) is 0 Å². The summed E-state index contributed by atoms with van der Waals surface area (Å²) in [5.74, 6) is -0.0923. The van der Waals surface area contributed by atoms with Crippen LogP contribution in [0, 0.1) is 0 Å². The van der Waals surface area contributed by atoms with Gasteiger partial charge in [-0.25, -0.2) is 0 Å². The number of aromatic amines is 1. The molecule has 0 atom stereocenters.